The number of rotatable bonds is 8. The summed E-state index contributed by atoms with van der Waals surface area (Å²) in [7, 11) is 0. The van der Waals surface area contributed by atoms with E-state index in [0.29, 0.717) is 12.1 Å². The van der Waals surface area contributed by atoms with Gasteiger partial charge in [-0.15, -0.1) is 0 Å². The zero-order chi connectivity index (χ0) is 13.7. The van der Waals surface area contributed by atoms with Gasteiger partial charge >= 0.3 is 0 Å². The summed E-state index contributed by atoms with van der Waals surface area (Å²) >= 11 is 0. The Kier molecular flexibility index (Phi) is 5.34. The maximum absolute atomic E-state index is 13.0. The highest BCUT2D eigenvalue weighted by atomic mass is 19.1. The first kappa shape index (κ1) is 14.5. The molecule has 1 N–H and O–H groups in total. The van der Waals surface area contributed by atoms with Gasteiger partial charge in [-0.05, 0) is 63.3 Å². The van der Waals surface area contributed by atoms with Crippen molar-refractivity contribution in [3.05, 3.63) is 35.6 Å². The molecule has 1 aromatic rings. The van der Waals surface area contributed by atoms with Crippen molar-refractivity contribution in [2.75, 3.05) is 13.2 Å². The first-order valence-electron chi connectivity index (χ1n) is 7.27. The molecule has 1 aromatic carbocycles. The van der Waals surface area contributed by atoms with Crippen molar-refractivity contribution in [2.24, 2.45) is 5.92 Å². The molecule has 0 spiro atoms. The van der Waals surface area contributed by atoms with Crippen molar-refractivity contribution < 1.29 is 9.13 Å². The zero-order valence-electron chi connectivity index (χ0n) is 11.9. The molecule has 2 nitrogen and oxygen atoms in total. The second-order valence-electron chi connectivity index (χ2n) is 5.59. The summed E-state index contributed by atoms with van der Waals surface area (Å²) in [5.41, 5.74) is 1.20. The summed E-state index contributed by atoms with van der Waals surface area (Å²) in [6, 6.07) is 7.27. The number of halogens is 1. The lowest BCUT2D eigenvalue weighted by atomic mass is 10.0. The minimum absolute atomic E-state index is 0.163. The molecular formula is C16H24FNO. The Labute approximate surface area is 115 Å². The van der Waals surface area contributed by atoms with Crippen molar-refractivity contribution in [1.82, 2.24) is 5.32 Å². The molecule has 0 radical (unpaired) electrons. The number of ether oxygens (including phenoxy) is 1. The van der Waals surface area contributed by atoms with E-state index in [0.717, 1.165) is 25.5 Å². The van der Waals surface area contributed by atoms with E-state index in [2.05, 4.69) is 19.2 Å². The van der Waals surface area contributed by atoms with Gasteiger partial charge in [-0.2, -0.15) is 0 Å². The number of hydrogen-bond acceptors (Lipinski definition) is 2. The SMILES string of the molecule is CC(C)OCCCNC(c1ccc(F)cc1)C1CC1. The van der Waals surface area contributed by atoms with Crippen LogP contribution in [0.4, 0.5) is 4.39 Å². The molecule has 0 heterocycles. The molecule has 1 atom stereocenters. The normalized spacial score (nSPS) is 16.8. The second-order valence-corrected chi connectivity index (χ2v) is 5.59. The van der Waals surface area contributed by atoms with Gasteiger partial charge in [-0.3, -0.25) is 0 Å². The van der Waals surface area contributed by atoms with Gasteiger partial charge in [-0.1, -0.05) is 12.1 Å². The smallest absolute Gasteiger partial charge is 0.123 e. The van der Waals surface area contributed by atoms with Crippen LogP contribution in [0.1, 0.15) is 44.7 Å². The fourth-order valence-corrected chi connectivity index (χ4v) is 2.31. The topological polar surface area (TPSA) is 21.3 Å². The fourth-order valence-electron chi connectivity index (χ4n) is 2.31. The molecule has 1 unspecified atom stereocenters. The van der Waals surface area contributed by atoms with E-state index in [-0.39, 0.29) is 5.82 Å². The van der Waals surface area contributed by atoms with E-state index >= 15 is 0 Å². The Morgan fingerprint density at radius 3 is 2.53 bits per heavy atom. The number of hydrogen-bond donors (Lipinski definition) is 1. The zero-order valence-corrected chi connectivity index (χ0v) is 11.9. The molecule has 19 heavy (non-hydrogen) atoms. The van der Waals surface area contributed by atoms with Gasteiger partial charge in [0.05, 0.1) is 6.10 Å². The molecule has 3 heteroatoms. The Hall–Kier alpha value is -0.930. The second kappa shape index (κ2) is 7.01. The van der Waals surface area contributed by atoms with Gasteiger partial charge < -0.3 is 10.1 Å². The van der Waals surface area contributed by atoms with Crippen LogP contribution in [0.5, 0.6) is 0 Å². The average Bonchev–Trinajstić information content (AvgIpc) is 3.19. The van der Waals surface area contributed by atoms with Gasteiger partial charge in [-0.25, -0.2) is 4.39 Å². The monoisotopic (exact) mass is 265 g/mol. The lowest BCUT2D eigenvalue weighted by Crippen LogP contribution is -2.25. The van der Waals surface area contributed by atoms with Gasteiger partial charge in [0.2, 0.25) is 0 Å². The highest BCUT2D eigenvalue weighted by Gasteiger charge is 2.31. The van der Waals surface area contributed by atoms with Crippen LogP contribution in [0.2, 0.25) is 0 Å². The van der Waals surface area contributed by atoms with Crippen LogP contribution in [0.25, 0.3) is 0 Å². The minimum atomic E-state index is -0.163. The summed E-state index contributed by atoms with van der Waals surface area (Å²) in [5.74, 6) is 0.556. The quantitative estimate of drug-likeness (QED) is 0.724. The molecule has 106 valence electrons. The van der Waals surface area contributed by atoms with Crippen molar-refractivity contribution in [2.45, 2.75) is 45.3 Å². The van der Waals surface area contributed by atoms with Crippen LogP contribution in [0.3, 0.4) is 0 Å². The maximum atomic E-state index is 13.0. The summed E-state index contributed by atoms with van der Waals surface area (Å²) in [6.45, 7) is 5.86. The van der Waals surface area contributed by atoms with E-state index < -0.39 is 0 Å². The summed E-state index contributed by atoms with van der Waals surface area (Å²) in [5, 5.41) is 3.59. The van der Waals surface area contributed by atoms with Crippen molar-refractivity contribution in [3.63, 3.8) is 0 Å². The predicted octanol–water partition coefficient (Wildman–Crippen LogP) is 3.68. The molecular weight excluding hydrogens is 241 g/mol. The van der Waals surface area contributed by atoms with Crippen LogP contribution in [0.15, 0.2) is 24.3 Å². The molecule has 0 aliphatic heterocycles. The number of nitrogens with one attached hydrogen (secondary N) is 1. The summed E-state index contributed by atoms with van der Waals surface area (Å²) in [4.78, 5) is 0. The molecule has 1 saturated carbocycles. The third kappa shape index (κ3) is 4.92. The van der Waals surface area contributed by atoms with Crippen LogP contribution in [-0.2, 0) is 4.74 Å². The molecule has 0 aromatic heterocycles. The van der Waals surface area contributed by atoms with Crippen molar-refractivity contribution in [1.29, 1.82) is 0 Å². The van der Waals surface area contributed by atoms with Crippen molar-refractivity contribution >= 4 is 0 Å². The third-order valence-electron chi connectivity index (χ3n) is 3.46. The summed E-state index contributed by atoms with van der Waals surface area (Å²) < 4.78 is 18.5. The minimum Gasteiger partial charge on any atom is -0.379 e. The molecule has 2 rings (SSSR count). The maximum Gasteiger partial charge on any atom is 0.123 e. The molecule has 0 bridgehead atoms. The Balaban J connectivity index is 1.78. The predicted molar refractivity (Wildman–Crippen MR) is 75.6 cm³/mol. The Morgan fingerprint density at radius 2 is 1.95 bits per heavy atom. The van der Waals surface area contributed by atoms with E-state index in [1.807, 2.05) is 12.1 Å². The molecule has 1 aliphatic rings. The average molecular weight is 265 g/mol. The molecule has 1 fully saturated rings. The van der Waals surface area contributed by atoms with Crippen LogP contribution < -0.4 is 5.32 Å². The Morgan fingerprint density at radius 1 is 1.26 bits per heavy atom. The highest BCUT2D eigenvalue weighted by Crippen LogP contribution is 2.40. The fraction of sp³-hybridized carbons (Fsp3) is 0.625. The Bertz CT molecular complexity index is 373. The molecule has 0 amide bonds. The van der Waals surface area contributed by atoms with Gasteiger partial charge in [0.15, 0.2) is 0 Å². The summed E-state index contributed by atoms with van der Waals surface area (Å²) in [6.07, 6.45) is 3.87. The lowest BCUT2D eigenvalue weighted by Gasteiger charge is -2.19. The van der Waals surface area contributed by atoms with Gasteiger partial charge in [0, 0.05) is 12.6 Å². The number of benzene rings is 1. The van der Waals surface area contributed by atoms with Crippen molar-refractivity contribution in [3.8, 4) is 0 Å². The van der Waals surface area contributed by atoms with E-state index in [4.69, 9.17) is 4.74 Å². The van der Waals surface area contributed by atoms with Gasteiger partial charge in [0.1, 0.15) is 5.82 Å². The molecule has 0 saturated heterocycles. The van der Waals surface area contributed by atoms with E-state index in [9.17, 15) is 4.39 Å². The third-order valence-corrected chi connectivity index (χ3v) is 3.46. The van der Waals surface area contributed by atoms with Gasteiger partial charge in [0.25, 0.3) is 0 Å². The first-order chi connectivity index (χ1) is 9.16. The van der Waals surface area contributed by atoms with Crippen LogP contribution in [0, 0.1) is 11.7 Å². The standard InChI is InChI=1S/C16H24FNO/c1-12(2)19-11-3-10-18-16(13-4-5-13)14-6-8-15(17)9-7-14/h6-9,12-13,16,18H,3-5,10-11H2,1-2H3. The first-order valence-corrected chi connectivity index (χ1v) is 7.27. The highest BCUT2D eigenvalue weighted by molar-refractivity contribution is 5.21. The van der Waals surface area contributed by atoms with E-state index in [1.54, 1.807) is 12.1 Å². The van der Waals surface area contributed by atoms with E-state index in [1.165, 1.54) is 18.4 Å². The molecule has 1 aliphatic carbocycles. The largest absolute Gasteiger partial charge is 0.379 e. The lowest BCUT2D eigenvalue weighted by molar-refractivity contribution is 0.0766. The van der Waals surface area contributed by atoms with Crippen LogP contribution >= 0.6 is 0 Å². The van der Waals surface area contributed by atoms with Crippen LogP contribution in [-0.4, -0.2) is 19.3 Å².